The van der Waals surface area contributed by atoms with Crippen LogP contribution in [0.15, 0.2) is 317 Å². The summed E-state index contributed by atoms with van der Waals surface area (Å²) >= 11 is 0. The number of fused-ring (bicyclic) bond motifs is 5. The number of nitrogens with zero attached hydrogens (tertiary/aromatic N) is 10. The molecule has 0 bridgehead atoms. The highest BCUT2D eigenvalue weighted by Gasteiger charge is 2.35. The van der Waals surface area contributed by atoms with Crippen LogP contribution in [-0.2, 0) is 6.54 Å². The summed E-state index contributed by atoms with van der Waals surface area (Å²) < 4.78 is 23.3. The van der Waals surface area contributed by atoms with Crippen molar-refractivity contribution in [3.63, 3.8) is 0 Å². The van der Waals surface area contributed by atoms with Gasteiger partial charge in [-0.3, -0.25) is 4.98 Å². The molecule has 0 aliphatic heterocycles. The molecule has 134 heavy (non-hydrogen) atoms. The van der Waals surface area contributed by atoms with Crippen LogP contribution in [0.4, 0.5) is 0 Å². The van der Waals surface area contributed by atoms with Crippen molar-refractivity contribution in [2.45, 2.75) is 288 Å². The topological polar surface area (TPSA) is 74.6 Å². The number of imidazole rings is 6. The van der Waals surface area contributed by atoms with E-state index >= 15 is 0 Å². The van der Waals surface area contributed by atoms with Gasteiger partial charge in [-0.2, -0.15) is 27.4 Å². The molecule has 17 aromatic rings. The molecule has 2 saturated carbocycles. The summed E-state index contributed by atoms with van der Waals surface area (Å²) in [5.74, 6) is 7.38. The number of nitrogens with one attached hydrogen (secondary N) is 2. The lowest BCUT2D eigenvalue weighted by molar-refractivity contribution is -0.715. The van der Waals surface area contributed by atoms with Crippen LogP contribution in [0.2, 0.25) is 0 Å². The largest absolute Gasteiger partial charge is 0.255 e. The zero-order valence-corrected chi connectivity index (χ0v) is 80.2. The van der Waals surface area contributed by atoms with Crippen LogP contribution in [0, 0.1) is 29.6 Å². The fraction of sp³-hybridized carbons (Fsp3) is 0.393. The molecule has 0 amide bonds. The second-order valence-corrected chi connectivity index (χ2v) is 39.2. The lowest BCUT2D eigenvalue weighted by Gasteiger charge is -2.29. The fourth-order valence-corrected chi connectivity index (χ4v) is 18.6. The quantitative estimate of drug-likeness (QED) is 0.0757. The van der Waals surface area contributed by atoms with Gasteiger partial charge >= 0.3 is 0 Å². The maximum absolute atomic E-state index is 3.29. The van der Waals surface area contributed by atoms with Crippen molar-refractivity contribution < 1.29 is 27.4 Å². The van der Waals surface area contributed by atoms with E-state index < -0.39 is 0 Å². The number of hydrogen-bond donors (Lipinski definition) is 2. The predicted molar refractivity (Wildman–Crippen MR) is 573 cm³/mol. The average Bonchev–Trinajstić information content (AvgIpc) is 1.62. The third kappa shape index (κ3) is 25.5. The highest BCUT2D eigenvalue weighted by Crippen LogP contribution is 2.39. The van der Waals surface area contributed by atoms with Gasteiger partial charge in [-0.25, -0.2) is 23.3 Å². The molecule has 11 aromatic carbocycles. The van der Waals surface area contributed by atoms with Crippen molar-refractivity contribution in [1.82, 2.24) is 28.2 Å². The number of rotatable bonds is 19. The van der Waals surface area contributed by atoms with Gasteiger partial charge in [-0.1, -0.05) is 303 Å². The Kier molecular flexibility index (Phi) is 39.5. The van der Waals surface area contributed by atoms with E-state index in [0.29, 0.717) is 59.6 Å². The lowest BCUT2D eigenvalue weighted by Crippen LogP contribution is -2.41. The van der Waals surface area contributed by atoms with Crippen LogP contribution < -0.4 is 27.4 Å². The fourth-order valence-electron chi connectivity index (χ4n) is 18.6. The molecule has 12 heteroatoms. The van der Waals surface area contributed by atoms with Crippen molar-refractivity contribution in [3.05, 3.63) is 351 Å². The highest BCUT2D eigenvalue weighted by molar-refractivity contribution is 5.77. The number of benzene rings is 11. The van der Waals surface area contributed by atoms with Crippen LogP contribution in [0.25, 0.3) is 89.3 Å². The molecule has 2 aliphatic carbocycles. The Morgan fingerprint density at radius 3 is 0.985 bits per heavy atom. The normalized spacial score (nSPS) is 14.6. The second kappa shape index (κ2) is 49.3. The smallest absolute Gasteiger partial charge is 0.250 e. The van der Waals surface area contributed by atoms with Crippen molar-refractivity contribution in [2.75, 3.05) is 0 Å². The zero-order valence-electron chi connectivity index (χ0n) is 80.2. The molecule has 0 spiro atoms. The van der Waals surface area contributed by atoms with Gasteiger partial charge in [0.2, 0.25) is 31.6 Å². The molecule has 6 heterocycles. The molecule has 6 aromatic heterocycles. The van der Waals surface area contributed by atoms with Gasteiger partial charge in [0.1, 0.15) is 58.6 Å². The summed E-state index contributed by atoms with van der Waals surface area (Å²) in [4.78, 5) is 6.26. The Morgan fingerprint density at radius 2 is 0.619 bits per heavy atom. The van der Waals surface area contributed by atoms with Gasteiger partial charge in [0.15, 0.2) is 55.2 Å². The van der Waals surface area contributed by atoms with E-state index in [0.717, 1.165) is 35.7 Å². The summed E-state index contributed by atoms with van der Waals surface area (Å²) in [6.45, 7) is 46.2. The first-order chi connectivity index (χ1) is 61.7. The second-order valence-electron chi connectivity index (χ2n) is 39.2. The first kappa shape index (κ1) is 107. The SMILES string of the molecule is C.C.C.C.C.C.CC(C)C[n+]1cn(-c2ccc(C(C)C)cc2)c2ccccc21.CC(C)[n+]1cc[nH]c1.CC(C)c1ccc(-[n+]2c[nH]c3ccccc32)cc1.CC(C)c1ccc(-n2c[n+](-c3ccc(C(C)C)cc3)c3ccccc32)cc1.CC(C)c1ccc(-n2c[n+](C3CCC(C(C)C)C3)c3ccccc32)cc1.CC(C)c1ccc(-n2c[n+](C3CCC(C(C)C)CC3)c3ccccc32)cc1. The van der Waals surface area contributed by atoms with E-state index in [4.69, 9.17) is 0 Å². The number of para-hydroxylation sites is 10. The van der Waals surface area contributed by atoms with Gasteiger partial charge in [0.25, 0.3) is 6.33 Å². The van der Waals surface area contributed by atoms with Gasteiger partial charge in [0.05, 0.1) is 12.6 Å². The van der Waals surface area contributed by atoms with Gasteiger partial charge in [-0.05, 0) is 291 Å². The zero-order chi connectivity index (χ0) is 90.4. The van der Waals surface area contributed by atoms with E-state index in [1.165, 1.54) is 162 Å². The molecule has 12 nitrogen and oxygen atoms in total. The van der Waals surface area contributed by atoms with Gasteiger partial charge in [-0.15, -0.1) is 0 Å². The Bertz CT molecular complexity index is 6240. The molecule has 0 radical (unpaired) electrons. The Hall–Kier alpha value is -12.0. The molecule has 710 valence electrons. The molecule has 0 saturated heterocycles. The van der Waals surface area contributed by atoms with Gasteiger partial charge < -0.3 is 0 Å². The minimum absolute atomic E-state index is 0. The lowest BCUT2D eigenvalue weighted by atomic mass is 9.79. The highest BCUT2D eigenvalue weighted by atomic mass is 15.2. The first-order valence-electron chi connectivity index (χ1n) is 47.9. The minimum Gasteiger partial charge on any atom is -0.250 e. The van der Waals surface area contributed by atoms with E-state index in [-0.39, 0.29) is 44.6 Å². The first-order valence-corrected chi connectivity index (χ1v) is 47.9. The van der Waals surface area contributed by atoms with Crippen molar-refractivity contribution >= 4 is 55.2 Å². The van der Waals surface area contributed by atoms with E-state index in [2.05, 4.69) is 480 Å². The third-order valence-corrected chi connectivity index (χ3v) is 26.8. The van der Waals surface area contributed by atoms with Crippen LogP contribution >= 0.6 is 0 Å². The van der Waals surface area contributed by atoms with Crippen LogP contribution in [0.1, 0.15) is 315 Å². The molecule has 2 unspecified atom stereocenters. The Labute approximate surface area is 808 Å². The average molecular weight is 1800 g/mol. The Balaban J connectivity index is 0.000000200. The van der Waals surface area contributed by atoms with Crippen molar-refractivity contribution in [2.24, 2.45) is 29.6 Å². The molecule has 2 N–H and O–H groups in total. The number of aromatic nitrogens is 12. The predicted octanol–water partition coefficient (Wildman–Crippen LogP) is 31.6. The molecule has 2 atom stereocenters. The molecule has 19 rings (SSSR count). The molecular formula is C122H168N12+6. The third-order valence-electron chi connectivity index (χ3n) is 26.8. The molecule has 2 fully saturated rings. The standard InChI is InChI=1S/C25H33N2.C25H27N2.C24H31N2.C20H25N2.C16H16N2.C6H10N2.6CH4/c2*1-18(2)20-9-13-22(14-10-20)26-17-27(25-8-6-5-7-24(25)26)23-15-11-21(12-16-23)19(3)4;1-17(2)19-9-12-21(13-10-19)25-16-26(24-8-6-5-7-23(24)25)22-14-11-20(15-22)18(3)4;1-15(2)13-21-14-22(20-8-6-5-7-19(20)21)18-11-9-17(10-12-18)16(3)4;1-12(2)13-7-9-14(10-8-13)18-11-17-15-5-3-4-6-16(15)18;1-6(2)8-4-3-7-5-8;;;;;;/h5-10,13-14,17-19,21,23H,11-12,15-16H2,1-4H3;5-19H,1-4H3;5-10,12-13,16-18,20,22H,11,14-15H2,1-4H3;5-12,14-16H,13H2,1-4H3;3-12H,1-2H3;3-6H,1-2H3;6*1H4/q4*+1;;;;;;;;/p+2. The maximum atomic E-state index is 3.29. The van der Waals surface area contributed by atoms with E-state index in [1.54, 1.807) is 0 Å². The number of hydrogen-bond acceptors (Lipinski definition) is 0. The number of H-pyrrole nitrogens is 2. The van der Waals surface area contributed by atoms with Crippen molar-refractivity contribution in [3.8, 4) is 34.1 Å². The van der Waals surface area contributed by atoms with E-state index in [9.17, 15) is 0 Å². The summed E-state index contributed by atoms with van der Waals surface area (Å²) in [5, 5.41) is 0. The molecular weight excluding hydrogens is 1630 g/mol. The van der Waals surface area contributed by atoms with Crippen LogP contribution in [0.3, 0.4) is 0 Å². The summed E-state index contributed by atoms with van der Waals surface area (Å²) in [6, 6.07) is 98.7. The van der Waals surface area contributed by atoms with E-state index in [1.807, 2.05) is 31.1 Å². The summed E-state index contributed by atoms with van der Waals surface area (Å²) in [7, 11) is 0. The van der Waals surface area contributed by atoms with Crippen LogP contribution in [0.5, 0.6) is 0 Å². The maximum Gasteiger partial charge on any atom is 0.255 e. The van der Waals surface area contributed by atoms with Crippen molar-refractivity contribution in [1.29, 1.82) is 0 Å². The van der Waals surface area contributed by atoms with Crippen LogP contribution in [-0.4, -0.2) is 28.2 Å². The summed E-state index contributed by atoms with van der Waals surface area (Å²) in [5.41, 5.74) is 28.3. The minimum atomic E-state index is 0. The Morgan fingerprint density at radius 1 is 0.299 bits per heavy atom. The monoisotopic (exact) mass is 1800 g/mol. The summed E-state index contributed by atoms with van der Waals surface area (Å²) in [6.07, 6.45) is 26.3. The van der Waals surface area contributed by atoms with Gasteiger partial charge in [0, 0.05) is 0 Å². The number of aromatic amines is 2. The molecule has 2 aliphatic rings.